The number of hydrogen-bond donors (Lipinski definition) is 1. The monoisotopic (exact) mass is 313 g/mol. The summed E-state index contributed by atoms with van der Waals surface area (Å²) in [6.45, 7) is 5.01. The Kier molecular flexibility index (Phi) is 4.66. The first-order chi connectivity index (χ1) is 10.7. The standard InChI is InChI=1S/C16H19N5S/c1-12-19-20-16(22-12)18-15-5-7-21(8-6-15)11-14-4-2-3-13(9-14)10-17/h2-4,9,15H,5-8,11H2,1H3,(H,18,20). The Balaban J connectivity index is 1.50. The molecular formula is C16H19N5S. The zero-order valence-electron chi connectivity index (χ0n) is 12.6. The summed E-state index contributed by atoms with van der Waals surface area (Å²) in [4.78, 5) is 2.44. The second-order valence-electron chi connectivity index (χ2n) is 5.63. The predicted molar refractivity (Wildman–Crippen MR) is 87.7 cm³/mol. The van der Waals surface area contributed by atoms with Crippen molar-refractivity contribution in [2.24, 2.45) is 0 Å². The Morgan fingerprint density at radius 2 is 2.18 bits per heavy atom. The quantitative estimate of drug-likeness (QED) is 0.940. The Morgan fingerprint density at radius 1 is 1.36 bits per heavy atom. The first-order valence-corrected chi connectivity index (χ1v) is 8.32. The summed E-state index contributed by atoms with van der Waals surface area (Å²) in [5.41, 5.74) is 1.95. The Hall–Kier alpha value is -1.97. The molecule has 0 spiro atoms. The van der Waals surface area contributed by atoms with E-state index in [1.165, 1.54) is 5.56 Å². The second kappa shape index (κ2) is 6.86. The van der Waals surface area contributed by atoms with Gasteiger partial charge in [-0.25, -0.2) is 0 Å². The molecule has 0 amide bonds. The van der Waals surface area contributed by atoms with Crippen LogP contribution in [0.25, 0.3) is 0 Å². The number of nitrogens with one attached hydrogen (secondary N) is 1. The van der Waals surface area contributed by atoms with Crippen molar-refractivity contribution in [1.29, 1.82) is 5.26 Å². The maximum atomic E-state index is 8.96. The number of likely N-dealkylation sites (tertiary alicyclic amines) is 1. The molecule has 0 atom stereocenters. The smallest absolute Gasteiger partial charge is 0.205 e. The van der Waals surface area contributed by atoms with E-state index in [-0.39, 0.29) is 0 Å². The minimum atomic E-state index is 0.481. The Labute approximate surface area is 134 Å². The van der Waals surface area contributed by atoms with Gasteiger partial charge in [-0.2, -0.15) is 5.26 Å². The van der Waals surface area contributed by atoms with Crippen LogP contribution in [0.4, 0.5) is 5.13 Å². The van der Waals surface area contributed by atoms with Gasteiger partial charge in [-0.15, -0.1) is 10.2 Å². The summed E-state index contributed by atoms with van der Waals surface area (Å²) < 4.78 is 0. The van der Waals surface area contributed by atoms with E-state index in [1.807, 2.05) is 25.1 Å². The molecule has 1 aromatic carbocycles. The van der Waals surface area contributed by atoms with Crippen LogP contribution in [0.2, 0.25) is 0 Å². The van der Waals surface area contributed by atoms with Crippen molar-refractivity contribution in [3.8, 4) is 6.07 Å². The lowest BCUT2D eigenvalue weighted by molar-refractivity contribution is 0.211. The SMILES string of the molecule is Cc1nnc(NC2CCN(Cc3cccc(C#N)c3)CC2)s1. The zero-order chi connectivity index (χ0) is 15.4. The molecule has 0 unspecified atom stereocenters. The zero-order valence-corrected chi connectivity index (χ0v) is 13.4. The molecule has 1 aliphatic heterocycles. The topological polar surface area (TPSA) is 64.8 Å². The van der Waals surface area contributed by atoms with Crippen molar-refractivity contribution < 1.29 is 0 Å². The van der Waals surface area contributed by atoms with Crippen molar-refractivity contribution in [2.75, 3.05) is 18.4 Å². The molecule has 0 saturated carbocycles. The van der Waals surface area contributed by atoms with Crippen LogP contribution in [-0.2, 0) is 6.54 Å². The minimum absolute atomic E-state index is 0.481. The molecule has 0 radical (unpaired) electrons. The van der Waals surface area contributed by atoms with Gasteiger partial charge in [-0.1, -0.05) is 23.5 Å². The lowest BCUT2D eigenvalue weighted by Crippen LogP contribution is -2.38. The van der Waals surface area contributed by atoms with E-state index in [0.29, 0.717) is 6.04 Å². The number of rotatable bonds is 4. The number of aryl methyl sites for hydroxylation is 1. The number of nitriles is 1. The molecule has 2 heterocycles. The molecule has 1 aliphatic rings. The van der Waals surface area contributed by atoms with Crippen molar-refractivity contribution in [1.82, 2.24) is 15.1 Å². The maximum Gasteiger partial charge on any atom is 0.205 e. The molecule has 5 nitrogen and oxygen atoms in total. The molecule has 22 heavy (non-hydrogen) atoms. The number of hydrogen-bond acceptors (Lipinski definition) is 6. The fourth-order valence-electron chi connectivity index (χ4n) is 2.76. The fourth-order valence-corrected chi connectivity index (χ4v) is 3.43. The second-order valence-corrected chi connectivity index (χ2v) is 6.81. The highest BCUT2D eigenvalue weighted by Crippen LogP contribution is 2.20. The van der Waals surface area contributed by atoms with Crippen LogP contribution in [0.1, 0.15) is 29.0 Å². The van der Waals surface area contributed by atoms with Crippen molar-refractivity contribution in [2.45, 2.75) is 32.4 Å². The third kappa shape index (κ3) is 3.81. The maximum absolute atomic E-state index is 8.96. The highest BCUT2D eigenvalue weighted by Gasteiger charge is 2.20. The molecule has 0 aliphatic carbocycles. The molecule has 3 rings (SSSR count). The molecule has 1 saturated heterocycles. The molecule has 1 aromatic heterocycles. The average Bonchev–Trinajstić information content (AvgIpc) is 2.94. The summed E-state index contributed by atoms with van der Waals surface area (Å²) in [6.07, 6.45) is 2.22. The van der Waals surface area contributed by atoms with Crippen LogP contribution in [0.3, 0.4) is 0 Å². The Morgan fingerprint density at radius 3 is 2.86 bits per heavy atom. The summed E-state index contributed by atoms with van der Waals surface area (Å²) in [6, 6.07) is 10.6. The van der Waals surface area contributed by atoms with E-state index in [1.54, 1.807) is 11.3 Å². The van der Waals surface area contributed by atoms with Crippen LogP contribution >= 0.6 is 11.3 Å². The van der Waals surface area contributed by atoms with E-state index in [9.17, 15) is 0 Å². The van der Waals surface area contributed by atoms with Gasteiger partial charge in [0.05, 0.1) is 11.6 Å². The normalized spacial score (nSPS) is 16.4. The number of nitrogens with zero attached hydrogens (tertiary/aromatic N) is 4. The van der Waals surface area contributed by atoms with Gasteiger partial charge in [0, 0.05) is 25.7 Å². The first kappa shape index (κ1) is 14.9. The molecule has 2 aromatic rings. The van der Waals surface area contributed by atoms with Gasteiger partial charge in [-0.3, -0.25) is 4.90 Å². The van der Waals surface area contributed by atoms with Crippen LogP contribution in [0.5, 0.6) is 0 Å². The molecule has 114 valence electrons. The van der Waals surface area contributed by atoms with Gasteiger partial charge >= 0.3 is 0 Å². The average molecular weight is 313 g/mol. The molecule has 1 fully saturated rings. The summed E-state index contributed by atoms with van der Waals surface area (Å²) >= 11 is 1.61. The number of aromatic nitrogens is 2. The number of benzene rings is 1. The van der Waals surface area contributed by atoms with Crippen molar-refractivity contribution >= 4 is 16.5 Å². The van der Waals surface area contributed by atoms with E-state index in [2.05, 4.69) is 32.5 Å². The third-order valence-corrected chi connectivity index (χ3v) is 4.67. The van der Waals surface area contributed by atoms with Gasteiger partial charge in [0.15, 0.2) is 0 Å². The highest BCUT2D eigenvalue weighted by atomic mass is 32.1. The molecular weight excluding hydrogens is 294 g/mol. The number of anilines is 1. The van der Waals surface area contributed by atoms with Crippen molar-refractivity contribution in [3.63, 3.8) is 0 Å². The van der Waals surface area contributed by atoms with Gasteiger partial charge in [0.2, 0.25) is 5.13 Å². The summed E-state index contributed by atoms with van der Waals surface area (Å²) in [5, 5.41) is 22.5. The summed E-state index contributed by atoms with van der Waals surface area (Å²) in [5.74, 6) is 0. The fraction of sp³-hybridized carbons (Fsp3) is 0.438. The van der Waals surface area contributed by atoms with E-state index < -0.39 is 0 Å². The van der Waals surface area contributed by atoms with Crippen LogP contribution in [-0.4, -0.2) is 34.2 Å². The van der Waals surface area contributed by atoms with E-state index in [0.717, 1.165) is 48.2 Å². The van der Waals surface area contributed by atoms with Crippen LogP contribution in [0.15, 0.2) is 24.3 Å². The van der Waals surface area contributed by atoms with Gasteiger partial charge in [0.25, 0.3) is 0 Å². The Bertz CT molecular complexity index is 667. The van der Waals surface area contributed by atoms with Crippen molar-refractivity contribution in [3.05, 3.63) is 40.4 Å². The predicted octanol–water partition coefficient (Wildman–Crippen LogP) is 2.79. The van der Waals surface area contributed by atoms with Gasteiger partial charge < -0.3 is 5.32 Å². The lowest BCUT2D eigenvalue weighted by Gasteiger charge is -2.32. The van der Waals surface area contributed by atoms with E-state index in [4.69, 9.17) is 5.26 Å². The number of piperidine rings is 1. The minimum Gasteiger partial charge on any atom is -0.357 e. The first-order valence-electron chi connectivity index (χ1n) is 7.51. The lowest BCUT2D eigenvalue weighted by atomic mass is 10.0. The van der Waals surface area contributed by atoms with Gasteiger partial charge in [-0.05, 0) is 37.5 Å². The van der Waals surface area contributed by atoms with E-state index >= 15 is 0 Å². The van der Waals surface area contributed by atoms with Gasteiger partial charge in [0.1, 0.15) is 5.01 Å². The largest absolute Gasteiger partial charge is 0.357 e. The molecule has 0 bridgehead atoms. The highest BCUT2D eigenvalue weighted by molar-refractivity contribution is 7.15. The third-order valence-electron chi connectivity index (χ3n) is 3.90. The van der Waals surface area contributed by atoms with Crippen LogP contribution < -0.4 is 5.32 Å². The van der Waals surface area contributed by atoms with Crippen LogP contribution in [0, 0.1) is 18.3 Å². The molecule has 6 heteroatoms. The summed E-state index contributed by atoms with van der Waals surface area (Å²) in [7, 11) is 0. The molecule has 1 N–H and O–H groups in total.